The molecule has 8 heteroatoms. The molecular weight excluding hydrogens is 395 g/mol. The van der Waals surface area contributed by atoms with E-state index in [2.05, 4.69) is 10.1 Å². The Kier molecular flexibility index (Phi) is 4.54. The van der Waals surface area contributed by atoms with Crippen LogP contribution in [0.2, 0.25) is 0 Å². The molecule has 0 saturated heterocycles. The molecule has 0 radical (unpaired) electrons. The second-order valence-corrected chi connectivity index (χ2v) is 7.46. The van der Waals surface area contributed by atoms with Crippen LogP contribution in [0.5, 0.6) is 5.75 Å². The molecule has 0 N–H and O–H groups in total. The lowest BCUT2D eigenvalue weighted by molar-refractivity contribution is 0.413. The lowest BCUT2D eigenvalue weighted by Crippen LogP contribution is -2.22. The largest absolute Gasteiger partial charge is 0.495 e. The van der Waals surface area contributed by atoms with Gasteiger partial charge in [-0.25, -0.2) is 19.0 Å². The molecular formula is C23H21FN6O. The fourth-order valence-electron chi connectivity index (χ4n) is 3.74. The summed E-state index contributed by atoms with van der Waals surface area (Å²) in [4.78, 5) is 11.1. The molecule has 5 rings (SSSR count). The zero-order valence-electron chi connectivity index (χ0n) is 17.5. The molecule has 0 saturated carbocycles. The van der Waals surface area contributed by atoms with Crippen LogP contribution < -0.4 is 9.64 Å². The number of rotatable bonds is 4. The number of ether oxygens (including phenoxy) is 1. The van der Waals surface area contributed by atoms with Gasteiger partial charge in [-0.1, -0.05) is 0 Å². The van der Waals surface area contributed by atoms with Crippen molar-refractivity contribution in [2.24, 2.45) is 0 Å². The number of halogens is 1. The van der Waals surface area contributed by atoms with E-state index in [1.54, 1.807) is 24.2 Å². The van der Waals surface area contributed by atoms with E-state index in [0.29, 0.717) is 18.1 Å². The SMILES string of the molecule is COc1cc(-c2nc3n(n2)C=CN(c2ccc(F)cc2C)C3)ccc1-n1cnc(C)c1. The highest BCUT2D eigenvalue weighted by Gasteiger charge is 2.19. The van der Waals surface area contributed by atoms with Gasteiger partial charge in [0, 0.05) is 29.8 Å². The fraction of sp³-hybridized carbons (Fsp3) is 0.174. The highest BCUT2D eigenvalue weighted by atomic mass is 19.1. The minimum Gasteiger partial charge on any atom is -0.495 e. The first-order chi connectivity index (χ1) is 15.0. The Bertz CT molecular complexity index is 1310. The van der Waals surface area contributed by atoms with E-state index in [-0.39, 0.29) is 5.82 Å². The predicted octanol–water partition coefficient (Wildman–Crippen LogP) is 4.34. The van der Waals surface area contributed by atoms with Crippen LogP contribution in [0.4, 0.5) is 10.1 Å². The molecule has 0 unspecified atom stereocenters. The lowest BCUT2D eigenvalue weighted by Gasteiger charge is -2.24. The molecule has 4 aromatic rings. The number of benzene rings is 2. The monoisotopic (exact) mass is 416 g/mol. The molecule has 2 aromatic heterocycles. The average Bonchev–Trinajstić information content (AvgIpc) is 3.39. The van der Waals surface area contributed by atoms with Crippen molar-refractivity contribution in [2.75, 3.05) is 12.0 Å². The normalized spacial score (nSPS) is 12.8. The van der Waals surface area contributed by atoms with Crippen molar-refractivity contribution >= 4 is 11.9 Å². The molecule has 0 amide bonds. The number of nitrogens with zero attached hydrogens (tertiary/aromatic N) is 6. The third-order valence-corrected chi connectivity index (χ3v) is 5.30. The van der Waals surface area contributed by atoms with Gasteiger partial charge in [0.2, 0.25) is 0 Å². The number of hydrogen-bond acceptors (Lipinski definition) is 5. The number of imidazole rings is 1. The van der Waals surface area contributed by atoms with Crippen LogP contribution in [0.1, 0.15) is 17.1 Å². The van der Waals surface area contributed by atoms with Crippen molar-refractivity contribution in [3.63, 3.8) is 0 Å². The van der Waals surface area contributed by atoms with Crippen molar-refractivity contribution in [1.29, 1.82) is 0 Å². The number of fused-ring (bicyclic) bond motifs is 1. The van der Waals surface area contributed by atoms with E-state index in [1.165, 1.54) is 12.1 Å². The maximum absolute atomic E-state index is 13.5. The van der Waals surface area contributed by atoms with Gasteiger partial charge in [0.25, 0.3) is 0 Å². The van der Waals surface area contributed by atoms with E-state index in [0.717, 1.165) is 34.0 Å². The summed E-state index contributed by atoms with van der Waals surface area (Å²) in [5, 5.41) is 4.62. The quantitative estimate of drug-likeness (QED) is 0.495. The second kappa shape index (κ2) is 7.39. The van der Waals surface area contributed by atoms with Gasteiger partial charge in [-0.2, -0.15) is 0 Å². The van der Waals surface area contributed by atoms with Crippen molar-refractivity contribution in [3.8, 4) is 22.8 Å². The molecule has 0 fully saturated rings. The molecule has 0 aliphatic carbocycles. The van der Waals surface area contributed by atoms with Crippen LogP contribution >= 0.6 is 0 Å². The summed E-state index contributed by atoms with van der Waals surface area (Å²) in [5.41, 5.74) is 4.50. The first-order valence-electron chi connectivity index (χ1n) is 9.88. The van der Waals surface area contributed by atoms with Gasteiger partial charge in [0.05, 0.1) is 31.4 Å². The molecule has 0 atom stereocenters. The van der Waals surface area contributed by atoms with Crippen LogP contribution in [0, 0.1) is 19.7 Å². The minimum absolute atomic E-state index is 0.240. The maximum Gasteiger partial charge on any atom is 0.182 e. The van der Waals surface area contributed by atoms with Gasteiger partial charge in [-0.15, -0.1) is 5.10 Å². The summed E-state index contributed by atoms with van der Waals surface area (Å²) in [6, 6.07) is 10.7. The topological polar surface area (TPSA) is 61.0 Å². The standard InChI is InChI=1S/C23H21FN6O/c1-15-10-18(24)5-7-19(15)28-8-9-30-22(13-28)26-23(27-30)17-4-6-20(21(11-17)31-3)29-12-16(2)25-14-29/h4-12,14H,13H2,1-3H3. The molecule has 0 bridgehead atoms. The summed E-state index contributed by atoms with van der Waals surface area (Å²) in [6.07, 6.45) is 7.49. The Morgan fingerprint density at radius 1 is 1.03 bits per heavy atom. The Hall–Kier alpha value is -3.94. The maximum atomic E-state index is 13.5. The van der Waals surface area contributed by atoms with Gasteiger partial charge >= 0.3 is 0 Å². The second-order valence-electron chi connectivity index (χ2n) is 7.46. The minimum atomic E-state index is -0.240. The summed E-state index contributed by atoms with van der Waals surface area (Å²) in [7, 11) is 1.64. The van der Waals surface area contributed by atoms with E-state index in [4.69, 9.17) is 9.72 Å². The smallest absolute Gasteiger partial charge is 0.182 e. The Morgan fingerprint density at radius 3 is 2.61 bits per heavy atom. The molecule has 1 aliphatic rings. The molecule has 2 aromatic carbocycles. The van der Waals surface area contributed by atoms with Crippen molar-refractivity contribution < 1.29 is 9.13 Å². The van der Waals surface area contributed by atoms with Crippen LogP contribution in [0.15, 0.2) is 55.1 Å². The molecule has 3 heterocycles. The van der Waals surface area contributed by atoms with E-state index in [1.807, 2.05) is 60.1 Å². The number of anilines is 1. The van der Waals surface area contributed by atoms with Gasteiger partial charge in [0.15, 0.2) is 11.6 Å². The zero-order valence-corrected chi connectivity index (χ0v) is 17.5. The average molecular weight is 416 g/mol. The van der Waals surface area contributed by atoms with Crippen LogP contribution in [-0.2, 0) is 6.54 Å². The van der Waals surface area contributed by atoms with E-state index < -0.39 is 0 Å². The van der Waals surface area contributed by atoms with Gasteiger partial charge < -0.3 is 14.2 Å². The Balaban J connectivity index is 1.45. The van der Waals surface area contributed by atoms with Crippen molar-refractivity contribution in [2.45, 2.75) is 20.4 Å². The molecule has 7 nitrogen and oxygen atoms in total. The van der Waals surface area contributed by atoms with Gasteiger partial charge in [0.1, 0.15) is 11.6 Å². The Morgan fingerprint density at radius 2 is 1.87 bits per heavy atom. The first-order valence-corrected chi connectivity index (χ1v) is 9.88. The van der Waals surface area contributed by atoms with Crippen LogP contribution in [0.3, 0.4) is 0 Å². The Labute approximate surface area is 179 Å². The highest BCUT2D eigenvalue weighted by molar-refractivity contribution is 5.64. The van der Waals surface area contributed by atoms with Gasteiger partial charge in [-0.05, 0) is 55.8 Å². The molecule has 1 aliphatic heterocycles. The van der Waals surface area contributed by atoms with E-state index in [9.17, 15) is 4.39 Å². The number of aryl methyl sites for hydroxylation is 2. The predicted molar refractivity (Wildman–Crippen MR) is 117 cm³/mol. The number of methoxy groups -OCH3 is 1. The summed E-state index contributed by atoms with van der Waals surface area (Å²) in [6.45, 7) is 4.38. The third-order valence-electron chi connectivity index (χ3n) is 5.30. The van der Waals surface area contributed by atoms with Gasteiger partial charge in [-0.3, -0.25) is 0 Å². The number of hydrogen-bond donors (Lipinski definition) is 0. The molecule has 31 heavy (non-hydrogen) atoms. The van der Waals surface area contributed by atoms with Crippen molar-refractivity contribution in [3.05, 3.63) is 78.0 Å². The zero-order chi connectivity index (χ0) is 21.5. The lowest BCUT2D eigenvalue weighted by atomic mass is 10.1. The molecule has 156 valence electrons. The summed E-state index contributed by atoms with van der Waals surface area (Å²) in [5.74, 6) is 1.89. The van der Waals surface area contributed by atoms with Crippen LogP contribution in [0.25, 0.3) is 23.3 Å². The fourth-order valence-corrected chi connectivity index (χ4v) is 3.74. The number of aromatic nitrogens is 5. The summed E-state index contributed by atoms with van der Waals surface area (Å²) < 4.78 is 22.8. The van der Waals surface area contributed by atoms with Crippen LogP contribution in [-0.4, -0.2) is 31.4 Å². The molecule has 0 spiro atoms. The van der Waals surface area contributed by atoms with E-state index >= 15 is 0 Å². The third kappa shape index (κ3) is 3.46. The summed E-state index contributed by atoms with van der Waals surface area (Å²) >= 11 is 0. The van der Waals surface area contributed by atoms with Crippen molar-refractivity contribution in [1.82, 2.24) is 24.3 Å². The first kappa shape index (κ1) is 19.0. The highest BCUT2D eigenvalue weighted by Crippen LogP contribution is 2.30.